The molecule has 19 heteroatoms. The Morgan fingerprint density at radius 3 is 1.44 bits per heavy atom. The third kappa shape index (κ3) is 33.0. The fraction of sp³-hybridized carbons (Fsp3) is 0.667. The molecule has 0 radical (unpaired) electrons. The van der Waals surface area contributed by atoms with Crippen LogP contribution in [0.2, 0.25) is 0 Å². The van der Waals surface area contributed by atoms with Crippen LogP contribution < -0.4 is 10.6 Å². The van der Waals surface area contributed by atoms with Gasteiger partial charge < -0.3 is 53.6 Å². The van der Waals surface area contributed by atoms with Crippen molar-refractivity contribution in [3.63, 3.8) is 0 Å². The third-order valence-corrected chi connectivity index (χ3v) is 8.10. The fourth-order valence-corrected chi connectivity index (χ4v) is 3.05. The summed E-state index contributed by atoms with van der Waals surface area (Å²) < 4.78 is 38.8. The average Bonchev–Trinajstić information content (AvgIpc) is 3.22. The minimum Gasteiger partial charge on any atom is -0.465 e. The summed E-state index contributed by atoms with van der Waals surface area (Å²) in [5, 5.41) is 14.2. The molecule has 3 N–H and O–H groups in total. The van der Waals surface area contributed by atoms with Crippen molar-refractivity contribution in [1.29, 1.82) is 0 Å². The Balaban J connectivity index is -0.000000837. The molecule has 2 amide bonds. The lowest BCUT2D eigenvalue weighted by atomic mass is 9.91. The molecule has 61 heavy (non-hydrogen) atoms. The molecular formula is C42H70N2O17. The number of ether oxygens (including phenoxy) is 8. The van der Waals surface area contributed by atoms with E-state index in [0.717, 1.165) is 6.08 Å². The first-order valence-electron chi connectivity index (χ1n) is 19.9. The Kier molecular flexibility index (Phi) is 33.6. The first kappa shape index (κ1) is 59.8. The lowest BCUT2D eigenvalue weighted by molar-refractivity contribution is -0.159. The smallest absolute Gasteiger partial charge is 0.407 e. The zero-order chi connectivity index (χ0) is 47.6. The van der Waals surface area contributed by atoms with Gasteiger partial charge in [-0.1, -0.05) is 47.4 Å². The number of alkyl carbamates (subject to hydrolysis) is 2. The lowest BCUT2D eigenvalue weighted by Crippen LogP contribution is -2.31. The van der Waals surface area contributed by atoms with Crippen LogP contribution in [0.5, 0.6) is 0 Å². The van der Waals surface area contributed by atoms with Gasteiger partial charge >= 0.3 is 48.0 Å². The zero-order valence-corrected chi connectivity index (χ0v) is 37.7. The van der Waals surface area contributed by atoms with Gasteiger partial charge in [-0.05, 0) is 60.8 Å². The summed E-state index contributed by atoms with van der Waals surface area (Å²) in [6.45, 7) is 28.0. The molecule has 0 aromatic heterocycles. The highest BCUT2D eigenvalue weighted by Gasteiger charge is 2.28. The Hall–Kier alpha value is -5.46. The van der Waals surface area contributed by atoms with Crippen molar-refractivity contribution in [3.05, 3.63) is 37.0 Å². The molecule has 0 saturated heterocycles. The van der Waals surface area contributed by atoms with E-state index in [1.807, 2.05) is 34.6 Å². The molecule has 0 aliphatic heterocycles. The Bertz CT molecular complexity index is 1420. The van der Waals surface area contributed by atoms with Gasteiger partial charge in [-0.25, -0.2) is 24.0 Å². The van der Waals surface area contributed by atoms with E-state index in [1.54, 1.807) is 27.7 Å². The van der Waals surface area contributed by atoms with Crippen molar-refractivity contribution in [1.82, 2.24) is 10.6 Å². The summed E-state index contributed by atoms with van der Waals surface area (Å²) >= 11 is 0. The summed E-state index contributed by atoms with van der Waals surface area (Å²) in [5.41, 5.74) is -0.481. The number of nitrogens with one attached hydrogen (secondary N) is 2. The van der Waals surface area contributed by atoms with Crippen LogP contribution in [-0.4, -0.2) is 125 Å². The molecule has 2 unspecified atom stereocenters. The molecule has 19 nitrogen and oxygen atoms in total. The van der Waals surface area contributed by atoms with Gasteiger partial charge in [0.05, 0.1) is 43.1 Å². The number of rotatable bonds is 26. The summed E-state index contributed by atoms with van der Waals surface area (Å²) in [4.78, 5) is 89.9. The van der Waals surface area contributed by atoms with Crippen molar-refractivity contribution >= 4 is 48.0 Å². The number of hydrogen-bond acceptors (Lipinski definition) is 17. The van der Waals surface area contributed by atoms with E-state index in [0.29, 0.717) is 36.8 Å². The van der Waals surface area contributed by atoms with Gasteiger partial charge in [0.1, 0.15) is 45.7 Å². The van der Waals surface area contributed by atoms with E-state index >= 15 is 0 Å². The second-order valence-electron chi connectivity index (χ2n) is 14.5. The van der Waals surface area contributed by atoms with Gasteiger partial charge in [-0.15, -0.1) is 0 Å². The van der Waals surface area contributed by atoms with Gasteiger partial charge in [0, 0.05) is 23.6 Å². The van der Waals surface area contributed by atoms with Gasteiger partial charge in [0.25, 0.3) is 0 Å². The van der Waals surface area contributed by atoms with E-state index < -0.39 is 47.0 Å². The van der Waals surface area contributed by atoms with Gasteiger partial charge in [-0.3, -0.25) is 14.4 Å². The first-order chi connectivity index (χ1) is 28.4. The molecule has 350 valence electrons. The minimum absolute atomic E-state index is 0.0151. The summed E-state index contributed by atoms with van der Waals surface area (Å²) in [5.74, 6) is -2.75. The van der Waals surface area contributed by atoms with Crippen molar-refractivity contribution < 1.29 is 81.4 Å². The molecular weight excluding hydrogens is 804 g/mol. The molecule has 0 aliphatic carbocycles. The average molecular weight is 875 g/mol. The number of hydrogen-bond donors (Lipinski definition) is 3. The minimum atomic E-state index is -1.02. The van der Waals surface area contributed by atoms with Crippen LogP contribution in [0.4, 0.5) is 9.59 Å². The molecule has 0 aliphatic rings. The van der Waals surface area contributed by atoms with Crippen molar-refractivity contribution in [2.24, 2.45) is 16.7 Å². The number of carbonyl (C=O) groups excluding carboxylic acids is 8. The van der Waals surface area contributed by atoms with E-state index in [4.69, 9.17) is 33.2 Å². The van der Waals surface area contributed by atoms with E-state index in [2.05, 4.69) is 35.1 Å². The zero-order valence-electron chi connectivity index (χ0n) is 37.7. The first-order valence-corrected chi connectivity index (χ1v) is 19.9. The Labute approximate surface area is 360 Å². The Morgan fingerprint density at radius 1 is 0.607 bits per heavy atom. The van der Waals surface area contributed by atoms with Crippen LogP contribution in [0.15, 0.2) is 37.0 Å². The maximum atomic E-state index is 11.7. The van der Waals surface area contributed by atoms with Crippen molar-refractivity contribution in [3.8, 4) is 0 Å². The molecule has 2 atom stereocenters. The number of esters is 6. The van der Waals surface area contributed by atoms with Crippen LogP contribution in [-0.2, 0) is 66.7 Å². The molecule has 0 bridgehead atoms. The van der Waals surface area contributed by atoms with Crippen LogP contribution in [0.1, 0.15) is 94.9 Å². The SMILES string of the molecule is C=C(C)C(=O)OCCNC(=O)OCCCOC(=O)C(C)(C)CC.C=C(C)C(=O)OCCNC(=O)OCCOC(=O)C(C)CC.C=CC(=O)OCC(O)COC(=O)C(C)(C)CC. The maximum Gasteiger partial charge on any atom is 0.407 e. The normalized spacial score (nSPS) is 11.4. The van der Waals surface area contributed by atoms with E-state index in [9.17, 15) is 43.5 Å². The highest BCUT2D eigenvalue weighted by molar-refractivity contribution is 5.87. The summed E-state index contributed by atoms with van der Waals surface area (Å²) in [7, 11) is 0. The second kappa shape index (κ2) is 34.3. The topological polar surface area (TPSA) is 255 Å². The van der Waals surface area contributed by atoms with E-state index in [-0.39, 0.29) is 89.8 Å². The predicted molar refractivity (Wildman–Crippen MR) is 223 cm³/mol. The number of amides is 2. The maximum absolute atomic E-state index is 11.7. The van der Waals surface area contributed by atoms with Gasteiger partial charge in [0.2, 0.25) is 0 Å². The molecule has 0 heterocycles. The van der Waals surface area contributed by atoms with Crippen molar-refractivity contribution in [2.45, 2.75) is 101 Å². The quantitative estimate of drug-likeness (QED) is 0.0462. The number of aliphatic hydroxyl groups excluding tert-OH is 1. The van der Waals surface area contributed by atoms with Gasteiger partial charge in [0.15, 0.2) is 0 Å². The summed E-state index contributed by atoms with van der Waals surface area (Å²) in [6, 6.07) is 0. The summed E-state index contributed by atoms with van der Waals surface area (Å²) in [6.07, 6.45) is 1.16. The van der Waals surface area contributed by atoms with Crippen molar-refractivity contribution in [2.75, 3.05) is 65.9 Å². The van der Waals surface area contributed by atoms with Gasteiger partial charge in [-0.2, -0.15) is 0 Å². The number of carbonyl (C=O) groups is 8. The monoisotopic (exact) mass is 874 g/mol. The van der Waals surface area contributed by atoms with Crippen LogP contribution in [0.3, 0.4) is 0 Å². The highest BCUT2D eigenvalue weighted by Crippen LogP contribution is 2.22. The number of aliphatic hydroxyl groups is 1. The molecule has 0 aromatic carbocycles. The standard InChI is InChI=1S/C16H27NO6.C14H23NO6.C12H20O5/c1-6-16(4,5)14(19)22-9-7-10-23-15(20)17-8-11-21-13(18)12(2)3;1-5-11(4)13(17)20-8-9-21-14(18)15-6-7-19-12(16)10(2)3;1-5-10(14)16-7-9(13)8-17-11(15)12(3,4)6-2/h2,6-11H2,1,3-5H3,(H,17,20);11H,2,5-9H2,1,3-4H3,(H,15,18);5,9,13H,1,6-8H2,2-4H3. The van der Waals surface area contributed by atoms with Crippen LogP contribution in [0.25, 0.3) is 0 Å². The van der Waals surface area contributed by atoms with Crippen LogP contribution >= 0.6 is 0 Å². The fourth-order valence-electron chi connectivity index (χ4n) is 3.05. The van der Waals surface area contributed by atoms with Crippen LogP contribution in [0, 0.1) is 16.7 Å². The second-order valence-corrected chi connectivity index (χ2v) is 14.5. The largest absolute Gasteiger partial charge is 0.465 e. The molecule has 0 spiro atoms. The third-order valence-electron chi connectivity index (χ3n) is 8.10. The molecule has 0 saturated carbocycles. The predicted octanol–water partition coefficient (Wildman–Crippen LogP) is 4.68. The highest BCUT2D eigenvalue weighted by atomic mass is 16.6. The Morgan fingerprint density at radius 2 is 1.02 bits per heavy atom. The molecule has 0 rings (SSSR count). The molecule has 0 fully saturated rings. The lowest BCUT2D eigenvalue weighted by Gasteiger charge is -2.21. The van der Waals surface area contributed by atoms with E-state index in [1.165, 1.54) is 6.92 Å². The molecule has 0 aromatic rings.